The number of carbonyl (C=O) groups excluding carboxylic acids is 1. The van der Waals surface area contributed by atoms with Crippen molar-refractivity contribution in [3.63, 3.8) is 0 Å². The zero-order chi connectivity index (χ0) is 28.5. The van der Waals surface area contributed by atoms with E-state index in [1.807, 2.05) is 27.7 Å². The number of halogens is 1. The van der Waals surface area contributed by atoms with Crippen LogP contribution < -0.4 is 15.5 Å². The van der Waals surface area contributed by atoms with Crippen LogP contribution in [0.25, 0.3) is 0 Å². The van der Waals surface area contributed by atoms with Crippen molar-refractivity contribution in [2.24, 2.45) is 45.0 Å². The smallest absolute Gasteiger partial charge is 0.464 e. The summed E-state index contributed by atoms with van der Waals surface area (Å²) in [7, 11) is -1.08. The largest absolute Gasteiger partial charge is 0.478 e. The predicted molar refractivity (Wildman–Crippen MR) is 145 cm³/mol. The highest BCUT2D eigenvalue weighted by Gasteiger charge is 2.71. The highest BCUT2D eigenvalue weighted by atomic mass is 19.1. The van der Waals surface area contributed by atoms with E-state index in [2.05, 4.69) is 17.0 Å². The lowest BCUT2D eigenvalue weighted by Crippen LogP contribution is -2.63. The topological polar surface area (TPSA) is 128 Å². The number of aliphatic carboxylic acids is 1. The Labute approximate surface area is 228 Å². The number of nitrogens with zero attached hydrogens (tertiary/aromatic N) is 1. The zero-order valence-electron chi connectivity index (χ0n) is 22.9. The lowest BCUT2D eigenvalue weighted by Gasteiger charge is -2.62. The van der Waals surface area contributed by atoms with Crippen LogP contribution in [0.5, 0.6) is 5.75 Å². The third-order valence-corrected chi connectivity index (χ3v) is 11.1. The second kappa shape index (κ2) is 9.44. The number of ketones is 1. The number of aliphatic hydroxyl groups is 1. The molecule has 4 N–H and O–H groups in total. The number of benzene rings is 1. The van der Waals surface area contributed by atoms with E-state index in [0.717, 1.165) is 0 Å². The minimum atomic E-state index is -1.65. The standard InChI is InChI=1S/C29H38BFN2O6/c1-6-27(4)12-19(23(26(36)37)39-18-8-7-17-14-32-33-30(38)20(17)11-18)28(5)15(2)9-10-29(16(3)25(27)35)13-21(31)22(34)24(28)29/h6-8,11,14-16,19,21,23-25,33,35,38H,1,9-10,12-13H2,2-5H3,(H,36,37)/t15-,16+,19+,21+,23?,24+,25+,27-,28-,29+/m1/s1. The van der Waals surface area contributed by atoms with Crippen LogP contribution in [0, 0.1) is 39.9 Å². The number of carbonyl (C=O) groups is 2. The molecule has 4 aliphatic rings. The van der Waals surface area contributed by atoms with Crippen molar-refractivity contribution in [2.45, 2.75) is 71.8 Å². The molecule has 0 amide bonds. The van der Waals surface area contributed by atoms with Gasteiger partial charge in [-0.05, 0) is 71.5 Å². The Morgan fingerprint density at radius 1 is 1.33 bits per heavy atom. The minimum absolute atomic E-state index is 0.0346. The summed E-state index contributed by atoms with van der Waals surface area (Å²) < 4.78 is 21.6. The van der Waals surface area contributed by atoms with E-state index >= 15 is 4.39 Å². The number of fused-ring (bicyclic) bond motifs is 1. The number of carboxylic acids is 1. The van der Waals surface area contributed by atoms with E-state index in [4.69, 9.17) is 4.74 Å². The number of aliphatic hydroxyl groups excluding tert-OH is 1. The number of hydrazone groups is 1. The molecule has 3 saturated carbocycles. The molecule has 39 heavy (non-hydrogen) atoms. The molecule has 2 bridgehead atoms. The Morgan fingerprint density at radius 2 is 2.05 bits per heavy atom. The third-order valence-electron chi connectivity index (χ3n) is 11.1. The first-order valence-electron chi connectivity index (χ1n) is 13.8. The van der Waals surface area contributed by atoms with E-state index in [-0.39, 0.29) is 30.4 Å². The number of alkyl halides is 1. The molecule has 0 radical (unpaired) electrons. The quantitative estimate of drug-likeness (QED) is 0.334. The normalized spacial score (nSPS) is 41.9. The Hall–Kier alpha value is -2.72. The number of hydrogen-bond donors (Lipinski definition) is 4. The average Bonchev–Trinajstić information content (AvgIpc) is 3.18. The molecule has 1 aliphatic heterocycles. The van der Waals surface area contributed by atoms with E-state index < -0.39 is 65.3 Å². The molecule has 1 aromatic rings. The summed E-state index contributed by atoms with van der Waals surface area (Å²) in [5.41, 5.74) is -1.44. The second-order valence-electron chi connectivity index (χ2n) is 12.8. The molecule has 5 rings (SSSR count). The number of carboxylic acid groups (broad SMARTS) is 1. The second-order valence-corrected chi connectivity index (χ2v) is 12.8. The molecule has 210 valence electrons. The van der Waals surface area contributed by atoms with Gasteiger partial charge in [-0.1, -0.05) is 39.8 Å². The first-order valence-corrected chi connectivity index (χ1v) is 13.8. The van der Waals surface area contributed by atoms with Gasteiger partial charge in [0.1, 0.15) is 5.75 Å². The van der Waals surface area contributed by atoms with Gasteiger partial charge >= 0.3 is 13.0 Å². The average molecular weight is 540 g/mol. The van der Waals surface area contributed by atoms with Gasteiger partial charge in [0.15, 0.2) is 18.1 Å². The first-order chi connectivity index (χ1) is 18.3. The summed E-state index contributed by atoms with van der Waals surface area (Å²) in [5.74, 6) is -3.43. The van der Waals surface area contributed by atoms with Crippen molar-refractivity contribution in [1.82, 2.24) is 5.34 Å². The fourth-order valence-electron chi connectivity index (χ4n) is 8.54. The number of Topliss-reactive ketones (excluding diaryl/α,β-unsaturated/α-hetero) is 1. The van der Waals surface area contributed by atoms with Crippen LogP contribution in [0.15, 0.2) is 36.0 Å². The number of ether oxygens (including phenoxy) is 1. The van der Waals surface area contributed by atoms with Crippen LogP contribution in [0.4, 0.5) is 4.39 Å². The van der Waals surface area contributed by atoms with E-state index in [9.17, 15) is 24.8 Å². The molecule has 1 aromatic carbocycles. The van der Waals surface area contributed by atoms with Crippen molar-refractivity contribution in [1.29, 1.82) is 0 Å². The van der Waals surface area contributed by atoms with Gasteiger partial charge in [0.25, 0.3) is 0 Å². The van der Waals surface area contributed by atoms with E-state index in [1.165, 1.54) is 0 Å². The van der Waals surface area contributed by atoms with Gasteiger partial charge in [0, 0.05) is 17.3 Å². The van der Waals surface area contributed by atoms with Crippen molar-refractivity contribution in [3.05, 3.63) is 36.4 Å². The Bertz CT molecular complexity index is 1230. The molecule has 8 nitrogen and oxygen atoms in total. The van der Waals surface area contributed by atoms with Crippen molar-refractivity contribution in [2.75, 3.05) is 0 Å². The van der Waals surface area contributed by atoms with Crippen molar-refractivity contribution < 1.29 is 34.0 Å². The Balaban J connectivity index is 1.66. The zero-order valence-corrected chi connectivity index (χ0v) is 22.9. The fourth-order valence-corrected chi connectivity index (χ4v) is 8.54. The lowest BCUT2D eigenvalue weighted by molar-refractivity contribution is -0.193. The Morgan fingerprint density at radius 3 is 2.72 bits per heavy atom. The lowest BCUT2D eigenvalue weighted by atomic mass is 9.41. The molecular weight excluding hydrogens is 502 g/mol. The molecule has 0 aromatic heterocycles. The van der Waals surface area contributed by atoms with Gasteiger partial charge < -0.3 is 25.3 Å². The van der Waals surface area contributed by atoms with Gasteiger partial charge in [-0.25, -0.2) is 9.18 Å². The minimum Gasteiger partial charge on any atom is -0.478 e. The molecule has 0 saturated heterocycles. The van der Waals surface area contributed by atoms with Gasteiger partial charge in [-0.15, -0.1) is 6.58 Å². The van der Waals surface area contributed by atoms with Crippen molar-refractivity contribution in [3.8, 4) is 5.75 Å². The van der Waals surface area contributed by atoms with Crippen molar-refractivity contribution >= 4 is 30.5 Å². The highest BCUT2D eigenvalue weighted by Crippen LogP contribution is 2.69. The SMILES string of the molecule is C=C[C@]1(C)C[C@@H](C(Oc2ccc3c(c2)B(O)NN=C3)C(=O)O)[C@@]2(C)[C@H](C)CC[C@]3(C[C@H](F)C(=O)[C@H]32)[C@@H](C)[C@@H]1O. The maximum absolute atomic E-state index is 15.4. The number of hydrogen-bond acceptors (Lipinski definition) is 7. The summed E-state index contributed by atoms with van der Waals surface area (Å²) in [4.78, 5) is 26.6. The maximum atomic E-state index is 15.4. The van der Waals surface area contributed by atoms with Crippen LogP contribution >= 0.6 is 0 Å². The molecular formula is C29H38BFN2O6. The van der Waals surface area contributed by atoms with Crippen LogP contribution in [0.2, 0.25) is 0 Å². The summed E-state index contributed by atoms with van der Waals surface area (Å²) in [5, 5.41) is 39.1. The summed E-state index contributed by atoms with van der Waals surface area (Å²) in [6, 6.07) is 4.90. The van der Waals surface area contributed by atoms with Gasteiger partial charge in [0.2, 0.25) is 0 Å². The molecule has 3 aliphatic carbocycles. The predicted octanol–water partition coefficient (Wildman–Crippen LogP) is 2.70. The van der Waals surface area contributed by atoms with E-state index in [0.29, 0.717) is 23.9 Å². The van der Waals surface area contributed by atoms with Gasteiger partial charge in [-0.2, -0.15) is 5.10 Å². The number of rotatable bonds is 5. The van der Waals surface area contributed by atoms with Crippen LogP contribution in [0.3, 0.4) is 0 Å². The maximum Gasteiger partial charge on any atom is 0.464 e. The summed E-state index contributed by atoms with van der Waals surface area (Å²) in [6.45, 7) is 11.7. The first kappa shape index (κ1) is 27.8. The molecule has 1 unspecified atom stereocenters. The van der Waals surface area contributed by atoms with Crippen LogP contribution in [0.1, 0.15) is 58.9 Å². The summed E-state index contributed by atoms with van der Waals surface area (Å²) >= 11 is 0. The van der Waals surface area contributed by atoms with E-state index in [1.54, 1.807) is 30.5 Å². The highest BCUT2D eigenvalue weighted by molar-refractivity contribution is 6.65. The monoisotopic (exact) mass is 540 g/mol. The van der Waals surface area contributed by atoms with Crippen LogP contribution in [-0.4, -0.2) is 58.6 Å². The molecule has 1 heterocycles. The Kier molecular flexibility index (Phi) is 6.74. The molecule has 10 heteroatoms. The molecule has 0 spiro atoms. The molecule has 10 atom stereocenters. The number of nitrogens with one attached hydrogen (secondary N) is 1. The molecule has 3 fully saturated rings. The van der Waals surface area contributed by atoms with Gasteiger partial charge in [0.05, 0.1) is 12.3 Å². The van der Waals surface area contributed by atoms with Crippen LogP contribution in [-0.2, 0) is 9.59 Å². The fraction of sp³-hybridized carbons (Fsp3) is 0.621. The van der Waals surface area contributed by atoms with Gasteiger partial charge in [-0.3, -0.25) is 4.79 Å². The summed E-state index contributed by atoms with van der Waals surface area (Å²) in [6.07, 6.45) is 0.730. The third kappa shape index (κ3) is 3.97.